The zero-order chi connectivity index (χ0) is 13.0. The summed E-state index contributed by atoms with van der Waals surface area (Å²) in [6.45, 7) is 0.336. The van der Waals surface area contributed by atoms with E-state index in [1.165, 1.54) is 6.07 Å². The lowest BCUT2D eigenvalue weighted by molar-refractivity contribution is 0.287. The van der Waals surface area contributed by atoms with Crippen LogP contribution < -0.4 is 4.74 Å². The quantitative estimate of drug-likeness (QED) is 0.680. The number of para-hydroxylation sites is 1. The van der Waals surface area contributed by atoms with E-state index in [2.05, 4.69) is 31.9 Å². The van der Waals surface area contributed by atoms with Gasteiger partial charge < -0.3 is 4.74 Å². The molecule has 0 N–H and O–H groups in total. The molecule has 0 unspecified atom stereocenters. The van der Waals surface area contributed by atoms with Crippen molar-refractivity contribution >= 4 is 31.9 Å². The number of alkyl halides is 1. The Morgan fingerprint density at radius 2 is 1.72 bits per heavy atom. The first-order chi connectivity index (χ1) is 8.72. The maximum absolute atomic E-state index is 13.7. The molecule has 0 aliphatic rings. The molecule has 1 nitrogen and oxygen atoms in total. The molecule has 0 radical (unpaired) electrons. The number of hydrogen-bond donors (Lipinski definition) is 0. The molecule has 4 heteroatoms. The van der Waals surface area contributed by atoms with Crippen molar-refractivity contribution in [3.8, 4) is 5.75 Å². The van der Waals surface area contributed by atoms with Crippen molar-refractivity contribution in [1.82, 2.24) is 0 Å². The molecule has 2 rings (SSSR count). The predicted molar refractivity (Wildman–Crippen MR) is 77.5 cm³/mol. The Morgan fingerprint density at radius 1 is 1.00 bits per heavy atom. The van der Waals surface area contributed by atoms with E-state index in [9.17, 15) is 4.39 Å². The second kappa shape index (κ2) is 6.34. The summed E-state index contributed by atoms with van der Waals surface area (Å²) in [5, 5.41) is 0.566. The molecule has 2 aromatic rings. The Morgan fingerprint density at radius 3 is 2.44 bits per heavy atom. The van der Waals surface area contributed by atoms with E-state index in [1.807, 2.05) is 30.3 Å². The number of benzene rings is 2. The summed E-state index contributed by atoms with van der Waals surface area (Å²) in [6, 6.07) is 12.7. The fraction of sp³-hybridized carbons (Fsp3) is 0.143. The Hall–Kier alpha value is -0.870. The standard InChI is InChI=1S/C14H11Br2FO/c15-8-10-5-3-7-13(17)14(10)18-9-11-4-1-2-6-12(11)16/h1-7H,8-9H2. The van der Waals surface area contributed by atoms with Crippen molar-refractivity contribution in [1.29, 1.82) is 0 Å². The molecule has 0 aromatic heterocycles. The first-order valence-electron chi connectivity index (χ1n) is 5.42. The second-order valence-electron chi connectivity index (χ2n) is 3.74. The monoisotopic (exact) mass is 372 g/mol. The van der Waals surface area contributed by atoms with Crippen LogP contribution in [0, 0.1) is 5.82 Å². The minimum absolute atomic E-state index is 0.310. The van der Waals surface area contributed by atoms with Crippen LogP contribution in [0.3, 0.4) is 0 Å². The Labute approximate surface area is 122 Å². The predicted octanol–water partition coefficient (Wildman–Crippen LogP) is 5.06. The summed E-state index contributed by atoms with van der Waals surface area (Å²) in [7, 11) is 0. The van der Waals surface area contributed by atoms with Gasteiger partial charge >= 0.3 is 0 Å². The molecule has 0 aliphatic carbocycles. The van der Waals surface area contributed by atoms with Crippen molar-refractivity contribution in [2.75, 3.05) is 0 Å². The molecular weight excluding hydrogens is 363 g/mol. The molecule has 2 aromatic carbocycles. The zero-order valence-corrected chi connectivity index (χ0v) is 12.7. The van der Waals surface area contributed by atoms with Crippen LogP contribution in [-0.2, 0) is 11.9 Å². The molecule has 0 bridgehead atoms. The normalized spacial score (nSPS) is 10.4. The third kappa shape index (κ3) is 3.12. The summed E-state index contributed by atoms with van der Waals surface area (Å²) >= 11 is 6.77. The Bertz CT molecular complexity index is 543. The molecule has 0 fully saturated rings. The molecule has 0 aliphatic heterocycles. The van der Waals surface area contributed by atoms with Gasteiger partial charge in [-0.2, -0.15) is 0 Å². The van der Waals surface area contributed by atoms with Crippen LogP contribution in [0.2, 0.25) is 0 Å². The van der Waals surface area contributed by atoms with Crippen LogP contribution in [-0.4, -0.2) is 0 Å². The van der Waals surface area contributed by atoms with Crippen molar-refractivity contribution in [2.45, 2.75) is 11.9 Å². The fourth-order valence-electron chi connectivity index (χ4n) is 1.59. The van der Waals surface area contributed by atoms with E-state index in [1.54, 1.807) is 6.07 Å². The number of halogens is 3. The summed E-state index contributed by atoms with van der Waals surface area (Å²) in [5.41, 5.74) is 1.79. The zero-order valence-electron chi connectivity index (χ0n) is 9.50. The third-order valence-corrected chi connectivity index (χ3v) is 3.90. The summed E-state index contributed by atoms with van der Waals surface area (Å²) in [4.78, 5) is 0. The Balaban J connectivity index is 2.18. The van der Waals surface area contributed by atoms with E-state index in [0.717, 1.165) is 15.6 Å². The molecule has 0 saturated carbocycles. The van der Waals surface area contributed by atoms with Gasteiger partial charge in [-0.25, -0.2) is 4.39 Å². The van der Waals surface area contributed by atoms with Gasteiger partial charge in [-0.05, 0) is 12.1 Å². The van der Waals surface area contributed by atoms with Crippen LogP contribution >= 0.6 is 31.9 Å². The van der Waals surface area contributed by atoms with E-state index >= 15 is 0 Å². The van der Waals surface area contributed by atoms with Gasteiger partial charge in [0.2, 0.25) is 0 Å². The molecular formula is C14H11Br2FO. The topological polar surface area (TPSA) is 9.23 Å². The fourth-order valence-corrected chi connectivity index (χ4v) is 2.43. The molecule has 0 atom stereocenters. The second-order valence-corrected chi connectivity index (χ2v) is 5.16. The maximum Gasteiger partial charge on any atom is 0.165 e. The largest absolute Gasteiger partial charge is 0.485 e. The van der Waals surface area contributed by atoms with Crippen LogP contribution in [0.1, 0.15) is 11.1 Å². The lowest BCUT2D eigenvalue weighted by Gasteiger charge is -2.11. The van der Waals surface area contributed by atoms with E-state index in [-0.39, 0.29) is 5.82 Å². The van der Waals surface area contributed by atoms with Gasteiger partial charge in [0, 0.05) is 20.9 Å². The summed E-state index contributed by atoms with van der Waals surface area (Å²) < 4.78 is 20.2. The summed E-state index contributed by atoms with van der Waals surface area (Å²) in [6.07, 6.45) is 0. The smallest absolute Gasteiger partial charge is 0.165 e. The van der Waals surface area contributed by atoms with Gasteiger partial charge in [-0.3, -0.25) is 0 Å². The highest BCUT2D eigenvalue weighted by molar-refractivity contribution is 9.10. The molecule has 0 spiro atoms. The van der Waals surface area contributed by atoms with Gasteiger partial charge in [-0.1, -0.05) is 62.2 Å². The number of rotatable bonds is 4. The van der Waals surface area contributed by atoms with Gasteiger partial charge in [0.05, 0.1) is 0 Å². The minimum atomic E-state index is -0.334. The first kappa shape index (κ1) is 13.6. The van der Waals surface area contributed by atoms with Gasteiger partial charge in [0.25, 0.3) is 0 Å². The average Bonchev–Trinajstić information content (AvgIpc) is 2.39. The lowest BCUT2D eigenvalue weighted by atomic mass is 10.2. The highest BCUT2D eigenvalue weighted by atomic mass is 79.9. The van der Waals surface area contributed by atoms with Crippen LogP contribution in [0.4, 0.5) is 4.39 Å². The molecule has 0 heterocycles. The molecule has 0 saturated heterocycles. The lowest BCUT2D eigenvalue weighted by Crippen LogP contribution is -2.00. The number of hydrogen-bond acceptors (Lipinski definition) is 1. The van der Waals surface area contributed by atoms with E-state index in [4.69, 9.17) is 4.74 Å². The third-order valence-electron chi connectivity index (χ3n) is 2.52. The first-order valence-corrected chi connectivity index (χ1v) is 7.33. The molecule has 0 amide bonds. The van der Waals surface area contributed by atoms with E-state index < -0.39 is 0 Å². The van der Waals surface area contributed by atoms with Gasteiger partial charge in [0.1, 0.15) is 6.61 Å². The van der Waals surface area contributed by atoms with Gasteiger partial charge in [0.15, 0.2) is 11.6 Å². The Kier molecular flexibility index (Phi) is 4.78. The molecule has 18 heavy (non-hydrogen) atoms. The van der Waals surface area contributed by atoms with Crippen molar-refractivity contribution in [3.05, 3.63) is 63.9 Å². The van der Waals surface area contributed by atoms with Crippen LogP contribution in [0.15, 0.2) is 46.9 Å². The summed E-state index contributed by atoms with van der Waals surface area (Å²) in [5.74, 6) is -0.0240. The van der Waals surface area contributed by atoms with Crippen molar-refractivity contribution in [2.24, 2.45) is 0 Å². The van der Waals surface area contributed by atoms with Crippen molar-refractivity contribution in [3.63, 3.8) is 0 Å². The average molecular weight is 374 g/mol. The minimum Gasteiger partial charge on any atom is -0.485 e. The SMILES string of the molecule is Fc1cccc(CBr)c1OCc1ccccc1Br. The number of ether oxygens (including phenoxy) is 1. The maximum atomic E-state index is 13.7. The van der Waals surface area contributed by atoms with Gasteiger partial charge in [-0.15, -0.1) is 0 Å². The van der Waals surface area contributed by atoms with E-state index in [0.29, 0.717) is 17.7 Å². The van der Waals surface area contributed by atoms with Crippen LogP contribution in [0.25, 0.3) is 0 Å². The highest BCUT2D eigenvalue weighted by Gasteiger charge is 2.09. The van der Waals surface area contributed by atoms with Crippen LogP contribution in [0.5, 0.6) is 5.75 Å². The molecule has 94 valence electrons. The van der Waals surface area contributed by atoms with Crippen molar-refractivity contribution < 1.29 is 9.13 Å². The highest BCUT2D eigenvalue weighted by Crippen LogP contribution is 2.26.